The molecule has 0 spiro atoms. The van der Waals surface area contributed by atoms with Crippen LogP contribution in [0, 0.1) is 0 Å². The van der Waals surface area contributed by atoms with Crippen molar-refractivity contribution in [1.29, 1.82) is 0 Å². The van der Waals surface area contributed by atoms with Crippen LogP contribution in [0.3, 0.4) is 0 Å². The van der Waals surface area contributed by atoms with Crippen LogP contribution in [0.1, 0.15) is 25.0 Å². The predicted molar refractivity (Wildman–Crippen MR) is 134 cm³/mol. The number of anilines is 1. The molecule has 0 bridgehead atoms. The van der Waals surface area contributed by atoms with E-state index in [2.05, 4.69) is 22.2 Å². The maximum absolute atomic E-state index is 13.6. The van der Waals surface area contributed by atoms with Crippen LogP contribution in [0.5, 0.6) is 5.75 Å². The highest BCUT2D eigenvalue weighted by atomic mass is 32.2. The number of hydrogen-bond acceptors (Lipinski definition) is 7. The standard InChI is InChI=1S/C25H29N5O4S/c1-18(2)35(32,33)29-13-11-28(12-14-29)22-17-27-30(23-9-5-6-10-26-23)25(31)24(22)34-21-15-19-7-3-4-8-20(19)16-21/h3-10,17-18,21H,11-16H2,1-2H3. The first-order chi connectivity index (χ1) is 16.8. The zero-order valence-corrected chi connectivity index (χ0v) is 20.7. The van der Waals surface area contributed by atoms with Crippen LogP contribution < -0.4 is 15.2 Å². The molecule has 2 aliphatic rings. The Hall–Kier alpha value is -3.24. The Bertz CT molecular complexity index is 1340. The number of aromatic nitrogens is 3. The number of sulfonamides is 1. The summed E-state index contributed by atoms with van der Waals surface area (Å²) in [7, 11) is -3.33. The first-order valence-electron chi connectivity index (χ1n) is 11.9. The smallest absolute Gasteiger partial charge is 0.317 e. The first kappa shape index (κ1) is 23.5. The molecule has 35 heavy (non-hydrogen) atoms. The molecule has 0 saturated carbocycles. The fraction of sp³-hybridized carbons (Fsp3) is 0.400. The SMILES string of the molecule is CC(C)S(=O)(=O)N1CCN(c2cnn(-c3ccccn3)c(=O)c2OC2Cc3ccccc3C2)CC1. The van der Waals surface area contributed by atoms with E-state index in [-0.39, 0.29) is 17.4 Å². The maximum Gasteiger partial charge on any atom is 0.317 e. The molecule has 1 fully saturated rings. The summed E-state index contributed by atoms with van der Waals surface area (Å²) in [5.74, 6) is 0.639. The number of piperazine rings is 1. The Kier molecular flexibility index (Phi) is 6.33. The highest BCUT2D eigenvalue weighted by molar-refractivity contribution is 7.89. The second-order valence-electron chi connectivity index (χ2n) is 9.16. The van der Waals surface area contributed by atoms with Crippen molar-refractivity contribution in [1.82, 2.24) is 19.1 Å². The van der Waals surface area contributed by atoms with Crippen molar-refractivity contribution in [2.24, 2.45) is 0 Å². The number of nitrogens with zero attached hydrogens (tertiary/aromatic N) is 5. The van der Waals surface area contributed by atoms with Crippen molar-refractivity contribution in [3.05, 3.63) is 76.3 Å². The van der Waals surface area contributed by atoms with Gasteiger partial charge in [0.25, 0.3) is 0 Å². The minimum absolute atomic E-state index is 0.166. The minimum atomic E-state index is -3.33. The molecule has 1 aliphatic heterocycles. The van der Waals surface area contributed by atoms with Gasteiger partial charge in [0.15, 0.2) is 5.82 Å². The average molecular weight is 496 g/mol. The molecule has 1 aromatic carbocycles. The molecule has 3 aromatic rings. The van der Waals surface area contributed by atoms with Crippen LogP contribution in [0.4, 0.5) is 5.69 Å². The van der Waals surface area contributed by atoms with Gasteiger partial charge in [0.1, 0.15) is 11.8 Å². The van der Waals surface area contributed by atoms with Crippen LogP contribution in [-0.2, 0) is 22.9 Å². The molecular weight excluding hydrogens is 466 g/mol. The van der Waals surface area contributed by atoms with E-state index in [4.69, 9.17) is 4.74 Å². The Balaban J connectivity index is 1.46. The molecule has 0 amide bonds. The summed E-state index contributed by atoms with van der Waals surface area (Å²) in [6, 6.07) is 13.5. The van der Waals surface area contributed by atoms with Crippen LogP contribution >= 0.6 is 0 Å². The molecule has 9 nitrogen and oxygen atoms in total. The zero-order chi connectivity index (χ0) is 24.6. The van der Waals surface area contributed by atoms with Gasteiger partial charge in [0, 0.05) is 45.2 Å². The van der Waals surface area contributed by atoms with Crippen molar-refractivity contribution in [2.45, 2.75) is 38.0 Å². The van der Waals surface area contributed by atoms with Crippen LogP contribution in [-0.4, -0.2) is 65.0 Å². The van der Waals surface area contributed by atoms with Crippen molar-refractivity contribution >= 4 is 15.7 Å². The topological polar surface area (TPSA) is 97.6 Å². The Morgan fingerprint density at radius 1 is 0.971 bits per heavy atom. The largest absolute Gasteiger partial charge is 0.482 e. The second kappa shape index (κ2) is 9.43. The lowest BCUT2D eigenvalue weighted by molar-refractivity contribution is 0.209. The molecule has 2 aromatic heterocycles. The van der Waals surface area contributed by atoms with Gasteiger partial charge >= 0.3 is 5.56 Å². The third-order valence-corrected chi connectivity index (χ3v) is 8.89. The van der Waals surface area contributed by atoms with E-state index >= 15 is 0 Å². The number of rotatable bonds is 6. The van der Waals surface area contributed by atoms with Gasteiger partial charge in [-0.25, -0.2) is 13.4 Å². The summed E-state index contributed by atoms with van der Waals surface area (Å²) in [6.45, 7) is 4.96. The van der Waals surface area contributed by atoms with Gasteiger partial charge in [0.05, 0.1) is 11.4 Å². The molecular formula is C25H29N5O4S. The summed E-state index contributed by atoms with van der Waals surface area (Å²) in [6.07, 6.45) is 4.52. The molecule has 184 valence electrons. The molecule has 5 rings (SSSR count). The Morgan fingerprint density at radius 2 is 1.63 bits per heavy atom. The van der Waals surface area contributed by atoms with Crippen LogP contribution in [0.25, 0.3) is 5.82 Å². The minimum Gasteiger partial charge on any atom is -0.482 e. The lowest BCUT2D eigenvalue weighted by Crippen LogP contribution is -2.50. The molecule has 10 heteroatoms. The lowest BCUT2D eigenvalue weighted by Gasteiger charge is -2.36. The summed E-state index contributed by atoms with van der Waals surface area (Å²) in [4.78, 5) is 19.9. The van der Waals surface area contributed by atoms with Gasteiger partial charge in [0.2, 0.25) is 15.8 Å². The third kappa shape index (κ3) is 4.55. The molecule has 1 aliphatic carbocycles. The van der Waals surface area contributed by atoms with E-state index < -0.39 is 15.3 Å². The maximum atomic E-state index is 13.6. The quantitative estimate of drug-likeness (QED) is 0.516. The van der Waals surface area contributed by atoms with Crippen LogP contribution in [0.2, 0.25) is 0 Å². The molecule has 1 saturated heterocycles. The van der Waals surface area contributed by atoms with Gasteiger partial charge in [-0.2, -0.15) is 14.1 Å². The number of fused-ring (bicyclic) bond motifs is 1. The van der Waals surface area contributed by atoms with Gasteiger partial charge in [-0.3, -0.25) is 4.79 Å². The number of pyridine rings is 1. The van der Waals surface area contributed by atoms with Gasteiger partial charge in [-0.05, 0) is 37.1 Å². The van der Waals surface area contributed by atoms with Crippen molar-refractivity contribution in [2.75, 3.05) is 31.1 Å². The number of ether oxygens (including phenoxy) is 1. The predicted octanol–water partition coefficient (Wildman–Crippen LogP) is 2.03. The monoisotopic (exact) mass is 495 g/mol. The first-order valence-corrected chi connectivity index (χ1v) is 13.4. The normalized spacial score (nSPS) is 17.1. The third-order valence-electron chi connectivity index (χ3n) is 6.61. The summed E-state index contributed by atoms with van der Waals surface area (Å²) >= 11 is 0. The van der Waals surface area contributed by atoms with Crippen molar-refractivity contribution < 1.29 is 13.2 Å². The molecule has 3 heterocycles. The zero-order valence-electron chi connectivity index (χ0n) is 19.9. The van der Waals surface area contributed by atoms with Gasteiger partial charge in [-0.1, -0.05) is 30.3 Å². The number of benzene rings is 1. The van der Waals surface area contributed by atoms with Crippen molar-refractivity contribution in [3.8, 4) is 11.6 Å². The van der Waals surface area contributed by atoms with E-state index in [1.165, 1.54) is 20.1 Å². The average Bonchev–Trinajstić information content (AvgIpc) is 3.28. The van der Waals surface area contributed by atoms with Gasteiger partial charge < -0.3 is 9.64 Å². The lowest BCUT2D eigenvalue weighted by atomic mass is 10.1. The van der Waals surface area contributed by atoms with E-state index in [1.807, 2.05) is 17.0 Å². The van der Waals surface area contributed by atoms with Gasteiger partial charge in [-0.15, -0.1) is 0 Å². The van der Waals surface area contributed by atoms with Crippen LogP contribution in [0.15, 0.2) is 59.7 Å². The Labute approximate surface area is 205 Å². The summed E-state index contributed by atoms with van der Waals surface area (Å²) in [5, 5.41) is 3.91. The van der Waals surface area contributed by atoms with E-state index in [0.29, 0.717) is 37.7 Å². The molecule has 0 radical (unpaired) electrons. The van der Waals surface area contributed by atoms with Crippen molar-refractivity contribution in [3.63, 3.8) is 0 Å². The van der Waals surface area contributed by atoms with E-state index in [9.17, 15) is 13.2 Å². The molecule has 0 N–H and O–H groups in total. The Morgan fingerprint density at radius 3 is 2.23 bits per heavy atom. The fourth-order valence-electron chi connectivity index (χ4n) is 4.66. The highest BCUT2D eigenvalue weighted by Crippen LogP contribution is 2.30. The summed E-state index contributed by atoms with van der Waals surface area (Å²) < 4.78 is 34.4. The van der Waals surface area contributed by atoms with E-state index in [0.717, 1.165) is 12.8 Å². The fourth-order valence-corrected chi connectivity index (χ4v) is 5.93. The molecule has 0 unspecified atom stereocenters. The highest BCUT2D eigenvalue weighted by Gasteiger charge is 2.32. The molecule has 0 atom stereocenters. The van der Waals surface area contributed by atoms with E-state index in [1.54, 1.807) is 44.4 Å². The number of hydrogen-bond donors (Lipinski definition) is 0. The summed E-state index contributed by atoms with van der Waals surface area (Å²) in [5.41, 5.74) is 2.66. The second-order valence-corrected chi connectivity index (χ2v) is 11.6.